The second-order valence-corrected chi connectivity index (χ2v) is 9.52. The topological polar surface area (TPSA) is 135 Å². The molecule has 0 spiro atoms. The van der Waals surface area contributed by atoms with Crippen molar-refractivity contribution < 1.29 is 23.9 Å². The summed E-state index contributed by atoms with van der Waals surface area (Å²) in [5, 5.41) is 6.85. The molecule has 2 aromatic carbocycles. The van der Waals surface area contributed by atoms with Gasteiger partial charge in [0, 0.05) is 36.4 Å². The number of carbonyl (C=O) groups is 3. The molecule has 2 aromatic heterocycles. The molecule has 4 rings (SSSR count). The van der Waals surface area contributed by atoms with Crippen molar-refractivity contribution in [2.24, 2.45) is 0 Å². The normalized spacial score (nSPS) is 10.8. The molecule has 214 valence electrons. The number of ether oxygens (including phenoxy) is 2. The first-order valence-electron chi connectivity index (χ1n) is 13.9. The third kappa shape index (κ3) is 8.14. The number of unbranched alkanes of at least 4 members (excludes halogenated alkanes) is 4. The van der Waals surface area contributed by atoms with Gasteiger partial charge in [-0.25, -0.2) is 14.6 Å². The molecule has 0 atom stereocenters. The van der Waals surface area contributed by atoms with Gasteiger partial charge in [-0.05, 0) is 49.2 Å². The van der Waals surface area contributed by atoms with E-state index in [0.717, 1.165) is 30.2 Å². The van der Waals surface area contributed by atoms with E-state index in [9.17, 15) is 14.4 Å². The van der Waals surface area contributed by atoms with Crippen LogP contribution in [0.2, 0.25) is 0 Å². The monoisotopic (exact) mass is 557 g/mol. The molecule has 3 N–H and O–H groups in total. The fourth-order valence-corrected chi connectivity index (χ4v) is 4.27. The number of amides is 1. The number of rotatable bonds is 14. The van der Waals surface area contributed by atoms with Crippen molar-refractivity contribution in [2.75, 3.05) is 17.2 Å². The highest BCUT2D eigenvalue weighted by molar-refractivity contribution is 5.97. The average molecular weight is 558 g/mol. The van der Waals surface area contributed by atoms with Crippen LogP contribution in [-0.2, 0) is 16.1 Å². The minimum absolute atomic E-state index is 0.0930. The molecule has 0 aliphatic heterocycles. The zero-order chi connectivity index (χ0) is 29.0. The molecule has 10 nitrogen and oxygen atoms in total. The lowest BCUT2D eigenvalue weighted by molar-refractivity contribution is -0.116. The van der Waals surface area contributed by atoms with Crippen molar-refractivity contribution >= 4 is 40.5 Å². The second-order valence-electron chi connectivity index (χ2n) is 9.52. The van der Waals surface area contributed by atoms with Crippen LogP contribution in [0.25, 0.3) is 11.0 Å². The summed E-state index contributed by atoms with van der Waals surface area (Å²) in [6.07, 6.45) is 9.31. The van der Waals surface area contributed by atoms with Gasteiger partial charge in [-0.15, -0.1) is 0 Å². The molecular weight excluding hydrogens is 522 g/mol. The number of esters is 2. The van der Waals surface area contributed by atoms with E-state index in [-0.39, 0.29) is 29.8 Å². The van der Waals surface area contributed by atoms with E-state index < -0.39 is 11.9 Å². The van der Waals surface area contributed by atoms with Crippen LogP contribution in [0.3, 0.4) is 0 Å². The Morgan fingerprint density at radius 2 is 1.76 bits per heavy atom. The van der Waals surface area contributed by atoms with Gasteiger partial charge < -0.3 is 19.8 Å². The third-order valence-electron chi connectivity index (χ3n) is 6.45. The maximum atomic E-state index is 12.7. The van der Waals surface area contributed by atoms with Gasteiger partial charge in [0.2, 0.25) is 11.9 Å². The van der Waals surface area contributed by atoms with Gasteiger partial charge in [0.25, 0.3) is 0 Å². The van der Waals surface area contributed by atoms with Gasteiger partial charge >= 0.3 is 11.9 Å². The van der Waals surface area contributed by atoms with Crippen molar-refractivity contribution in [1.82, 2.24) is 15.0 Å². The molecule has 0 aliphatic carbocycles. The standard InChI is InChI=1S/C31H35N5O5/c1-3-5-6-7-11-14-27(37)35-31-34-20-25-22(19-33-28(25)36-31)18-32-23-15-16-26(24(17-23)30(39)40-4-2)41-29(38)21-12-9-8-10-13-21/h8-10,12-13,15-17,19-20,32H,3-7,11,14,18H2,1-2H3,(H2,33,34,35,36,37). The fourth-order valence-electron chi connectivity index (χ4n) is 4.27. The average Bonchev–Trinajstić information content (AvgIpc) is 3.39. The summed E-state index contributed by atoms with van der Waals surface area (Å²) >= 11 is 0. The number of nitrogens with zero attached hydrogens (tertiary/aromatic N) is 2. The van der Waals surface area contributed by atoms with Crippen molar-refractivity contribution in [3.05, 3.63) is 77.6 Å². The second kappa shape index (κ2) is 14.6. The lowest BCUT2D eigenvalue weighted by atomic mass is 10.1. The van der Waals surface area contributed by atoms with Crippen LogP contribution in [0, 0.1) is 0 Å². The molecule has 0 saturated carbocycles. The summed E-state index contributed by atoms with van der Waals surface area (Å²) in [5.74, 6) is -0.887. The molecule has 0 unspecified atom stereocenters. The molecule has 0 aliphatic rings. The Morgan fingerprint density at radius 3 is 2.54 bits per heavy atom. The molecule has 2 heterocycles. The number of anilines is 2. The van der Waals surface area contributed by atoms with Gasteiger partial charge in [0.15, 0.2) is 0 Å². The van der Waals surface area contributed by atoms with E-state index in [4.69, 9.17) is 9.47 Å². The highest BCUT2D eigenvalue weighted by Crippen LogP contribution is 2.26. The number of benzene rings is 2. The Balaban J connectivity index is 1.41. The van der Waals surface area contributed by atoms with Crippen LogP contribution >= 0.6 is 0 Å². The van der Waals surface area contributed by atoms with E-state index >= 15 is 0 Å². The van der Waals surface area contributed by atoms with E-state index in [2.05, 4.69) is 32.5 Å². The lowest BCUT2D eigenvalue weighted by Crippen LogP contribution is -2.13. The predicted molar refractivity (Wildman–Crippen MR) is 157 cm³/mol. The van der Waals surface area contributed by atoms with Crippen LogP contribution in [0.15, 0.2) is 60.9 Å². The Bertz CT molecular complexity index is 1490. The largest absolute Gasteiger partial charge is 0.462 e. The van der Waals surface area contributed by atoms with Crippen LogP contribution < -0.4 is 15.4 Å². The van der Waals surface area contributed by atoms with Gasteiger partial charge in [0.1, 0.15) is 17.0 Å². The third-order valence-corrected chi connectivity index (χ3v) is 6.45. The Hall–Kier alpha value is -4.73. The number of hydrogen-bond donors (Lipinski definition) is 3. The number of fused-ring (bicyclic) bond motifs is 1. The number of carbonyl (C=O) groups excluding carboxylic acids is 3. The van der Waals surface area contributed by atoms with Crippen LogP contribution in [0.1, 0.15) is 78.7 Å². The van der Waals surface area contributed by atoms with Crippen LogP contribution in [-0.4, -0.2) is 39.4 Å². The van der Waals surface area contributed by atoms with Crippen molar-refractivity contribution in [3.8, 4) is 5.75 Å². The van der Waals surface area contributed by atoms with Crippen molar-refractivity contribution in [2.45, 2.75) is 58.9 Å². The highest BCUT2D eigenvalue weighted by atomic mass is 16.5. The van der Waals surface area contributed by atoms with E-state index in [1.807, 2.05) is 6.20 Å². The van der Waals surface area contributed by atoms with Crippen LogP contribution in [0.5, 0.6) is 5.75 Å². The van der Waals surface area contributed by atoms with E-state index in [0.29, 0.717) is 29.9 Å². The summed E-state index contributed by atoms with van der Waals surface area (Å²) in [6.45, 7) is 4.45. The molecule has 0 saturated heterocycles. The minimum atomic E-state index is -0.594. The van der Waals surface area contributed by atoms with Gasteiger partial charge in [-0.2, -0.15) is 4.98 Å². The van der Waals surface area contributed by atoms with Crippen LogP contribution in [0.4, 0.5) is 11.6 Å². The molecule has 1 amide bonds. The summed E-state index contributed by atoms with van der Waals surface area (Å²) in [5.41, 5.74) is 2.63. The summed E-state index contributed by atoms with van der Waals surface area (Å²) in [4.78, 5) is 49.3. The zero-order valence-electron chi connectivity index (χ0n) is 23.4. The summed E-state index contributed by atoms with van der Waals surface area (Å²) < 4.78 is 10.7. The first-order chi connectivity index (χ1) is 20.0. The maximum Gasteiger partial charge on any atom is 0.343 e. The van der Waals surface area contributed by atoms with Gasteiger partial charge in [0.05, 0.1) is 12.2 Å². The van der Waals surface area contributed by atoms with Gasteiger partial charge in [-0.1, -0.05) is 50.8 Å². The SMILES string of the molecule is CCCCCCCC(=O)Nc1ncc2c(CNc3ccc(OC(=O)c4ccccc4)c(C(=O)OCC)c3)c[nH]c2n1. The lowest BCUT2D eigenvalue weighted by Gasteiger charge is -2.13. The number of H-pyrrole nitrogens is 1. The molecular formula is C31H35N5O5. The van der Waals surface area contributed by atoms with Crippen molar-refractivity contribution in [1.29, 1.82) is 0 Å². The van der Waals surface area contributed by atoms with E-state index in [1.54, 1.807) is 61.7 Å². The minimum Gasteiger partial charge on any atom is -0.462 e. The molecule has 0 radical (unpaired) electrons. The van der Waals surface area contributed by atoms with Gasteiger partial charge in [-0.3, -0.25) is 10.1 Å². The predicted octanol–water partition coefficient (Wildman–Crippen LogP) is 6.26. The Kier molecular flexibility index (Phi) is 10.4. The Labute approximate surface area is 238 Å². The molecule has 0 fully saturated rings. The number of hydrogen-bond acceptors (Lipinski definition) is 8. The number of aromatic nitrogens is 3. The van der Waals surface area contributed by atoms with E-state index in [1.165, 1.54) is 12.8 Å². The summed E-state index contributed by atoms with van der Waals surface area (Å²) in [7, 11) is 0. The van der Waals surface area contributed by atoms with Crippen molar-refractivity contribution in [3.63, 3.8) is 0 Å². The molecule has 10 heteroatoms. The zero-order valence-corrected chi connectivity index (χ0v) is 23.4. The quantitative estimate of drug-likeness (QED) is 0.0938. The fraction of sp³-hybridized carbons (Fsp3) is 0.323. The molecule has 4 aromatic rings. The first kappa shape index (κ1) is 29.3. The smallest absolute Gasteiger partial charge is 0.343 e. The number of nitrogens with one attached hydrogen (secondary N) is 3. The molecule has 0 bridgehead atoms. The first-order valence-corrected chi connectivity index (χ1v) is 13.9. The maximum absolute atomic E-state index is 12.7. The highest BCUT2D eigenvalue weighted by Gasteiger charge is 2.19. The summed E-state index contributed by atoms with van der Waals surface area (Å²) in [6, 6.07) is 13.4. The Morgan fingerprint density at radius 1 is 0.951 bits per heavy atom. The molecule has 41 heavy (non-hydrogen) atoms. The number of aromatic amines is 1.